The number of nitrogens with zero attached hydrogens (tertiary/aromatic N) is 2. The van der Waals surface area contributed by atoms with Gasteiger partial charge in [0.05, 0.1) is 12.8 Å². The molecule has 0 saturated carbocycles. The number of alkyl halides is 3. The Bertz CT molecular complexity index is 1260. The van der Waals surface area contributed by atoms with Gasteiger partial charge >= 0.3 is 6.18 Å². The van der Waals surface area contributed by atoms with Gasteiger partial charge in [0.1, 0.15) is 4.75 Å². The third-order valence-corrected chi connectivity index (χ3v) is 8.08. The molecule has 3 N–H and O–H groups in total. The normalized spacial score (nSPS) is 23.2. The summed E-state index contributed by atoms with van der Waals surface area (Å²) in [5.74, 6) is -4.18. The number of primary sulfonamides is 1. The zero-order valence-electron chi connectivity index (χ0n) is 18.6. The first-order valence-electron chi connectivity index (χ1n) is 9.90. The van der Waals surface area contributed by atoms with Gasteiger partial charge in [0.2, 0.25) is 5.82 Å². The third-order valence-electron chi connectivity index (χ3n) is 5.58. The van der Waals surface area contributed by atoms with Crippen LogP contribution < -0.4 is 20.1 Å². The van der Waals surface area contributed by atoms with Crippen LogP contribution in [0.1, 0.15) is 20.3 Å². The standard InChI is InChI=1S/C20H21F5N4O4S2/c1-18(20(23,24)25)7-9-29(13-5-4-12(21)15(22)16(13)33-3)19(2,34-18)17(30)28-11-6-8-27-14(10-11)35(26,31)32/h4-6,8,10H,7,9H2,1-3H3,(H2,26,31,32)(H,27,28,30)/t18?,19-/m0/s1. The predicted molar refractivity (Wildman–Crippen MR) is 120 cm³/mol. The van der Waals surface area contributed by atoms with Crippen molar-refractivity contribution in [2.45, 2.75) is 41.1 Å². The van der Waals surface area contributed by atoms with Crippen LogP contribution >= 0.6 is 11.8 Å². The van der Waals surface area contributed by atoms with E-state index in [1.54, 1.807) is 0 Å². The Hall–Kier alpha value is -2.65. The van der Waals surface area contributed by atoms with Gasteiger partial charge in [-0.05, 0) is 38.5 Å². The first-order valence-corrected chi connectivity index (χ1v) is 12.3. The number of pyridine rings is 1. The molecule has 2 atom stereocenters. The molecule has 1 aliphatic rings. The molecular formula is C20H21F5N4O4S2. The van der Waals surface area contributed by atoms with Crippen LogP contribution in [-0.4, -0.2) is 48.8 Å². The van der Waals surface area contributed by atoms with Crippen LogP contribution in [0.25, 0.3) is 0 Å². The van der Waals surface area contributed by atoms with Gasteiger partial charge in [-0.2, -0.15) is 17.6 Å². The molecule has 1 fully saturated rings. The van der Waals surface area contributed by atoms with E-state index in [1.165, 1.54) is 17.9 Å². The molecular weight excluding hydrogens is 519 g/mol. The van der Waals surface area contributed by atoms with Crippen LogP contribution in [0.4, 0.5) is 33.3 Å². The van der Waals surface area contributed by atoms with Gasteiger partial charge in [-0.25, -0.2) is 22.9 Å². The summed E-state index contributed by atoms with van der Waals surface area (Å²) in [4.78, 5) is 16.2. The minimum Gasteiger partial charge on any atom is -0.491 e. The van der Waals surface area contributed by atoms with Crippen molar-refractivity contribution in [3.63, 3.8) is 0 Å². The fourth-order valence-corrected chi connectivity index (χ4v) is 5.75. The van der Waals surface area contributed by atoms with Crippen molar-refractivity contribution in [2.75, 3.05) is 23.9 Å². The average Bonchev–Trinajstić information content (AvgIpc) is 2.75. The lowest BCUT2D eigenvalue weighted by molar-refractivity contribution is -0.157. The number of nitrogens with two attached hydrogens (primary N) is 1. The van der Waals surface area contributed by atoms with Gasteiger partial charge in [0.15, 0.2) is 21.5 Å². The molecule has 1 aromatic heterocycles. The molecule has 0 aliphatic carbocycles. The van der Waals surface area contributed by atoms with E-state index in [1.807, 2.05) is 0 Å². The van der Waals surface area contributed by atoms with Crippen molar-refractivity contribution in [3.8, 4) is 5.75 Å². The number of nitrogens with one attached hydrogen (secondary N) is 1. The fourth-order valence-electron chi connectivity index (χ4n) is 3.62. The highest BCUT2D eigenvalue weighted by atomic mass is 32.2. The minimum atomic E-state index is -4.71. The molecule has 2 aromatic rings. The minimum absolute atomic E-state index is 0.104. The van der Waals surface area contributed by atoms with Crippen LogP contribution in [0, 0.1) is 11.6 Å². The maximum Gasteiger partial charge on any atom is 0.403 e. The lowest BCUT2D eigenvalue weighted by Crippen LogP contribution is -2.62. The Morgan fingerprint density at radius 2 is 1.91 bits per heavy atom. The van der Waals surface area contributed by atoms with E-state index in [0.29, 0.717) is 0 Å². The van der Waals surface area contributed by atoms with Crippen LogP contribution in [0.5, 0.6) is 5.75 Å². The van der Waals surface area contributed by atoms with Crippen molar-refractivity contribution in [1.82, 2.24) is 4.98 Å². The highest BCUT2D eigenvalue weighted by Crippen LogP contribution is 2.55. The van der Waals surface area contributed by atoms with E-state index in [4.69, 9.17) is 9.88 Å². The second-order valence-electron chi connectivity index (χ2n) is 8.01. The number of thioether (sulfide) groups is 1. The molecule has 0 spiro atoms. The summed E-state index contributed by atoms with van der Waals surface area (Å²) in [5, 5.41) is 6.85. The zero-order chi connectivity index (χ0) is 26.4. The van der Waals surface area contributed by atoms with Gasteiger partial charge < -0.3 is 15.0 Å². The lowest BCUT2D eigenvalue weighted by Gasteiger charge is -2.51. The number of rotatable bonds is 5. The van der Waals surface area contributed by atoms with Crippen LogP contribution in [0.2, 0.25) is 0 Å². The Balaban J connectivity index is 2.11. The second-order valence-corrected chi connectivity index (χ2v) is 11.4. The summed E-state index contributed by atoms with van der Waals surface area (Å²) in [6, 6.07) is 4.03. The number of aromatic nitrogens is 1. The maximum atomic E-state index is 14.4. The van der Waals surface area contributed by atoms with Crippen molar-refractivity contribution in [2.24, 2.45) is 5.14 Å². The number of anilines is 2. The molecule has 1 amide bonds. The van der Waals surface area contributed by atoms with Crippen molar-refractivity contribution >= 4 is 39.1 Å². The number of halogens is 5. The van der Waals surface area contributed by atoms with Crippen LogP contribution in [0.3, 0.4) is 0 Å². The molecule has 0 radical (unpaired) electrons. The number of ether oxygens (including phenoxy) is 1. The Morgan fingerprint density at radius 1 is 1.26 bits per heavy atom. The van der Waals surface area contributed by atoms with Gasteiger partial charge in [-0.1, -0.05) is 0 Å². The molecule has 1 unspecified atom stereocenters. The SMILES string of the molecule is COc1c(N2CCC(C)(C(F)(F)F)S[C@@]2(C)C(=O)Nc2ccnc(S(N)(=O)=O)c2)ccc(F)c1F. The number of sulfonamides is 1. The summed E-state index contributed by atoms with van der Waals surface area (Å²) >= 11 is 0.271. The van der Waals surface area contributed by atoms with E-state index in [9.17, 15) is 35.2 Å². The maximum absolute atomic E-state index is 14.4. The molecule has 192 valence electrons. The van der Waals surface area contributed by atoms with Gasteiger partial charge in [0, 0.05) is 24.5 Å². The van der Waals surface area contributed by atoms with E-state index in [-0.39, 0.29) is 29.7 Å². The molecule has 1 aliphatic heterocycles. The number of benzene rings is 1. The monoisotopic (exact) mass is 540 g/mol. The summed E-state index contributed by atoms with van der Waals surface area (Å²) in [6.45, 7) is 1.76. The molecule has 35 heavy (non-hydrogen) atoms. The summed E-state index contributed by atoms with van der Waals surface area (Å²) in [7, 11) is -3.17. The highest BCUT2D eigenvalue weighted by molar-refractivity contribution is 8.03. The molecule has 15 heteroatoms. The number of methoxy groups -OCH3 is 1. The van der Waals surface area contributed by atoms with E-state index in [0.717, 1.165) is 38.4 Å². The van der Waals surface area contributed by atoms with Gasteiger partial charge in [-0.15, -0.1) is 11.8 Å². The van der Waals surface area contributed by atoms with Crippen LogP contribution in [0.15, 0.2) is 35.5 Å². The Labute approximate surface area is 202 Å². The Morgan fingerprint density at radius 3 is 2.49 bits per heavy atom. The average molecular weight is 541 g/mol. The Kier molecular flexibility index (Phi) is 7.00. The summed E-state index contributed by atoms with van der Waals surface area (Å²) in [5.41, 5.74) is -0.243. The van der Waals surface area contributed by atoms with Crippen molar-refractivity contribution in [3.05, 3.63) is 42.1 Å². The van der Waals surface area contributed by atoms with Crippen molar-refractivity contribution in [1.29, 1.82) is 0 Å². The summed E-state index contributed by atoms with van der Waals surface area (Å²) in [6.07, 6.45) is -4.14. The number of carbonyl (C=O) groups is 1. The van der Waals surface area contributed by atoms with Crippen molar-refractivity contribution < 1.29 is 39.9 Å². The van der Waals surface area contributed by atoms with Gasteiger partial charge in [-0.3, -0.25) is 4.79 Å². The third kappa shape index (κ3) is 5.02. The van der Waals surface area contributed by atoms with E-state index >= 15 is 0 Å². The predicted octanol–water partition coefficient (Wildman–Crippen LogP) is 3.64. The topological polar surface area (TPSA) is 115 Å². The van der Waals surface area contributed by atoms with Gasteiger partial charge in [0.25, 0.3) is 15.9 Å². The largest absolute Gasteiger partial charge is 0.491 e. The molecule has 2 heterocycles. The number of hydrogen-bond acceptors (Lipinski definition) is 7. The quantitative estimate of drug-likeness (QED) is 0.557. The van der Waals surface area contributed by atoms with E-state index in [2.05, 4.69) is 10.3 Å². The highest BCUT2D eigenvalue weighted by Gasteiger charge is 2.61. The smallest absolute Gasteiger partial charge is 0.403 e. The molecule has 0 bridgehead atoms. The second kappa shape index (κ2) is 9.09. The van der Waals surface area contributed by atoms with E-state index < -0.39 is 60.6 Å². The molecule has 3 rings (SSSR count). The number of carbonyl (C=O) groups excluding carboxylic acids is 1. The van der Waals surface area contributed by atoms with Crippen LogP contribution in [-0.2, 0) is 14.8 Å². The zero-order valence-corrected chi connectivity index (χ0v) is 20.2. The molecule has 8 nitrogen and oxygen atoms in total. The lowest BCUT2D eigenvalue weighted by atomic mass is 10.0. The first-order chi connectivity index (χ1) is 16.0. The number of hydrogen-bond donors (Lipinski definition) is 2. The molecule has 1 aromatic carbocycles. The number of amides is 1. The first kappa shape index (κ1) is 26.9. The summed E-state index contributed by atoms with van der Waals surface area (Å²) < 4.78 is 95.8. The fraction of sp³-hybridized carbons (Fsp3) is 0.400. The molecule has 1 saturated heterocycles.